The lowest BCUT2D eigenvalue weighted by Gasteiger charge is -2.37. The van der Waals surface area contributed by atoms with Gasteiger partial charge in [0.2, 0.25) is 5.91 Å². The van der Waals surface area contributed by atoms with E-state index in [0.29, 0.717) is 35.0 Å². The zero-order valence-electron chi connectivity index (χ0n) is 16.0. The van der Waals surface area contributed by atoms with Gasteiger partial charge < -0.3 is 14.7 Å². The summed E-state index contributed by atoms with van der Waals surface area (Å²) in [4.78, 5) is 41.9. The monoisotopic (exact) mass is 386 g/mol. The van der Waals surface area contributed by atoms with Gasteiger partial charge in [0.1, 0.15) is 7.11 Å². The van der Waals surface area contributed by atoms with Crippen LogP contribution >= 0.6 is 0 Å². The van der Waals surface area contributed by atoms with Crippen LogP contribution < -0.4 is 0 Å². The van der Waals surface area contributed by atoms with E-state index in [2.05, 4.69) is 5.16 Å². The number of fused-ring (bicyclic) bond motifs is 3. The molecule has 0 fully saturated rings. The summed E-state index contributed by atoms with van der Waals surface area (Å²) in [5.41, 5.74) is 0.564. The van der Waals surface area contributed by atoms with Gasteiger partial charge in [0.05, 0.1) is 19.0 Å². The molecule has 8 heteroatoms. The molecule has 1 N–H and O–H groups in total. The lowest BCUT2D eigenvalue weighted by molar-refractivity contribution is -0.138. The number of aromatic nitrogens is 1. The Labute approximate surface area is 161 Å². The summed E-state index contributed by atoms with van der Waals surface area (Å²) in [6, 6.07) is 7.12. The smallest absolute Gasteiger partial charge is 0.360 e. The largest absolute Gasteiger partial charge is 0.481 e. The van der Waals surface area contributed by atoms with Crippen molar-refractivity contribution < 1.29 is 29.1 Å². The molecule has 1 aromatic heterocycles. The van der Waals surface area contributed by atoms with Gasteiger partial charge in [-0.15, -0.1) is 0 Å². The molecule has 148 valence electrons. The lowest BCUT2D eigenvalue weighted by atomic mass is 9.71. The topological polar surface area (TPSA) is 107 Å². The van der Waals surface area contributed by atoms with Gasteiger partial charge in [-0.3, -0.25) is 14.2 Å². The van der Waals surface area contributed by atoms with Crippen LogP contribution in [0.2, 0.25) is 0 Å². The van der Waals surface area contributed by atoms with E-state index < -0.39 is 17.4 Å². The Hall–Kier alpha value is -3.16. The van der Waals surface area contributed by atoms with E-state index in [1.165, 1.54) is 18.8 Å². The molecule has 0 aliphatic carbocycles. The van der Waals surface area contributed by atoms with Gasteiger partial charge >= 0.3 is 11.9 Å². The maximum absolute atomic E-state index is 12.9. The second-order valence-corrected chi connectivity index (χ2v) is 6.79. The fraction of sp³-hybridized carbons (Fsp3) is 0.400. The second-order valence-electron chi connectivity index (χ2n) is 6.79. The van der Waals surface area contributed by atoms with Crippen LogP contribution in [0.25, 0.3) is 10.9 Å². The lowest BCUT2D eigenvalue weighted by Crippen LogP contribution is -2.40. The van der Waals surface area contributed by atoms with E-state index in [0.717, 1.165) is 0 Å². The number of methoxy groups -OCH3 is 1. The van der Waals surface area contributed by atoms with Gasteiger partial charge in [-0.05, 0) is 18.9 Å². The molecule has 28 heavy (non-hydrogen) atoms. The standard InChI is InChI=1S/C20H22N2O6/c1-4-20(11-15(24)25)10-9-14(23)22-13-8-6-5-7-12(13)16(18(20)22)17(21-28-3)19(26)27-2/h5-8H,4,9-11H2,1-3H3,(H,24,25)/b21-17+/t20-/m1/s1. The Morgan fingerprint density at radius 3 is 2.61 bits per heavy atom. The molecule has 0 saturated heterocycles. The Kier molecular flexibility index (Phi) is 5.22. The van der Waals surface area contributed by atoms with Gasteiger partial charge in [-0.1, -0.05) is 30.3 Å². The van der Waals surface area contributed by atoms with Crippen LogP contribution in [0.3, 0.4) is 0 Å². The fourth-order valence-electron chi connectivity index (χ4n) is 4.12. The zero-order valence-corrected chi connectivity index (χ0v) is 16.0. The number of aliphatic carboxylic acids is 1. The summed E-state index contributed by atoms with van der Waals surface area (Å²) in [5, 5.41) is 14.1. The van der Waals surface area contributed by atoms with Crippen molar-refractivity contribution in [1.29, 1.82) is 0 Å². The highest BCUT2D eigenvalue weighted by molar-refractivity contribution is 6.46. The first-order valence-electron chi connectivity index (χ1n) is 8.99. The molecule has 1 atom stereocenters. The van der Waals surface area contributed by atoms with Gasteiger partial charge in [-0.25, -0.2) is 4.79 Å². The summed E-state index contributed by atoms with van der Waals surface area (Å²) >= 11 is 0. The maximum Gasteiger partial charge on any atom is 0.360 e. The summed E-state index contributed by atoms with van der Waals surface area (Å²) in [5.74, 6) is -1.84. The van der Waals surface area contributed by atoms with Crippen molar-refractivity contribution in [2.45, 2.75) is 38.0 Å². The molecule has 0 radical (unpaired) electrons. The van der Waals surface area contributed by atoms with Crippen LogP contribution in [0.15, 0.2) is 29.4 Å². The predicted molar refractivity (Wildman–Crippen MR) is 102 cm³/mol. The Morgan fingerprint density at radius 1 is 1.29 bits per heavy atom. The number of esters is 1. The predicted octanol–water partition coefficient (Wildman–Crippen LogP) is 2.72. The van der Waals surface area contributed by atoms with Crippen molar-refractivity contribution in [3.63, 3.8) is 0 Å². The summed E-state index contributed by atoms with van der Waals surface area (Å²) < 4.78 is 6.41. The molecule has 0 amide bonds. The van der Waals surface area contributed by atoms with Crippen molar-refractivity contribution in [2.75, 3.05) is 14.2 Å². The average Bonchev–Trinajstić information content (AvgIpc) is 3.04. The molecule has 2 aromatic rings. The molecule has 8 nitrogen and oxygen atoms in total. The number of nitrogens with zero attached hydrogens (tertiary/aromatic N) is 2. The van der Waals surface area contributed by atoms with Crippen LogP contribution in [-0.4, -0.2) is 47.5 Å². The molecule has 0 spiro atoms. The van der Waals surface area contributed by atoms with E-state index in [1.807, 2.05) is 6.92 Å². The third-order valence-corrected chi connectivity index (χ3v) is 5.41. The van der Waals surface area contributed by atoms with Crippen molar-refractivity contribution in [3.8, 4) is 0 Å². The Balaban J connectivity index is 2.48. The highest BCUT2D eigenvalue weighted by Crippen LogP contribution is 2.45. The first kappa shape index (κ1) is 19.6. The van der Waals surface area contributed by atoms with E-state index >= 15 is 0 Å². The minimum Gasteiger partial charge on any atom is -0.481 e. The Morgan fingerprint density at radius 2 is 2.00 bits per heavy atom. The van der Waals surface area contributed by atoms with Crippen LogP contribution in [-0.2, 0) is 24.6 Å². The molecule has 0 bridgehead atoms. The van der Waals surface area contributed by atoms with E-state index in [9.17, 15) is 19.5 Å². The second kappa shape index (κ2) is 7.46. The zero-order chi connectivity index (χ0) is 20.5. The first-order chi connectivity index (χ1) is 13.4. The number of rotatable bonds is 6. The van der Waals surface area contributed by atoms with Gasteiger partial charge in [0.15, 0.2) is 5.71 Å². The van der Waals surface area contributed by atoms with E-state index in [4.69, 9.17) is 9.57 Å². The highest BCUT2D eigenvalue weighted by Gasteiger charge is 2.45. The molecule has 3 rings (SSSR count). The van der Waals surface area contributed by atoms with Crippen LogP contribution in [0.5, 0.6) is 0 Å². The third-order valence-electron chi connectivity index (χ3n) is 5.41. The molecule has 1 aromatic carbocycles. The van der Waals surface area contributed by atoms with Gasteiger partial charge in [-0.2, -0.15) is 0 Å². The quantitative estimate of drug-likeness (QED) is 0.465. The molecule has 2 heterocycles. The van der Waals surface area contributed by atoms with Gasteiger partial charge in [0.25, 0.3) is 0 Å². The summed E-state index contributed by atoms with van der Waals surface area (Å²) in [6.45, 7) is 1.88. The van der Waals surface area contributed by atoms with Crippen LogP contribution in [0, 0.1) is 0 Å². The number of benzene rings is 1. The van der Waals surface area contributed by atoms with Crippen molar-refractivity contribution in [3.05, 3.63) is 35.5 Å². The number of oxime groups is 1. The molecule has 1 aliphatic heterocycles. The highest BCUT2D eigenvalue weighted by atomic mass is 16.6. The molecular formula is C20H22N2O6. The molecular weight excluding hydrogens is 364 g/mol. The fourth-order valence-corrected chi connectivity index (χ4v) is 4.12. The average molecular weight is 386 g/mol. The number of hydrogen-bond donors (Lipinski definition) is 1. The summed E-state index contributed by atoms with van der Waals surface area (Å²) in [6.07, 6.45) is 0.916. The molecule has 1 aliphatic rings. The summed E-state index contributed by atoms with van der Waals surface area (Å²) in [7, 11) is 2.54. The first-order valence-corrected chi connectivity index (χ1v) is 8.99. The Bertz CT molecular complexity index is 990. The van der Waals surface area contributed by atoms with Crippen molar-refractivity contribution in [1.82, 2.24) is 4.57 Å². The number of carbonyl (C=O) groups is 3. The maximum atomic E-state index is 12.9. The minimum absolute atomic E-state index is 0.0899. The number of carboxylic acids is 1. The van der Waals surface area contributed by atoms with E-state index in [1.54, 1.807) is 24.3 Å². The third kappa shape index (κ3) is 2.94. The number of ether oxygens (including phenoxy) is 1. The van der Waals surface area contributed by atoms with Crippen LogP contribution in [0.1, 0.15) is 48.7 Å². The SMILES string of the molecule is CC[C@]1(CC(=O)O)CCC(=O)n2c1c(/C(=N\OC)C(=O)OC)c1ccccc12. The number of para-hydroxylation sites is 1. The van der Waals surface area contributed by atoms with Crippen molar-refractivity contribution in [2.24, 2.45) is 5.16 Å². The number of hydrogen-bond acceptors (Lipinski definition) is 6. The molecule has 0 unspecified atom stereocenters. The molecule has 0 saturated carbocycles. The van der Waals surface area contributed by atoms with Gasteiger partial charge in [0, 0.05) is 28.5 Å². The number of carbonyl (C=O) groups excluding carboxylic acids is 2. The van der Waals surface area contributed by atoms with E-state index in [-0.39, 0.29) is 24.5 Å². The van der Waals surface area contributed by atoms with Crippen LogP contribution in [0.4, 0.5) is 0 Å². The minimum atomic E-state index is -0.970. The van der Waals surface area contributed by atoms with Crippen molar-refractivity contribution >= 4 is 34.5 Å². The normalized spacial score (nSPS) is 19.4. The number of carboxylic acid groups (broad SMARTS) is 1.